The molecule has 3 nitrogen and oxygen atoms in total. The zero-order chi connectivity index (χ0) is 13.8. The number of hydrogen-bond donors (Lipinski definition) is 2. The predicted molar refractivity (Wildman–Crippen MR) is 74.8 cm³/mol. The molecule has 0 spiro atoms. The van der Waals surface area contributed by atoms with E-state index in [1.807, 2.05) is 0 Å². The molecule has 2 aromatic rings. The molecule has 0 radical (unpaired) electrons. The number of benzene rings is 2. The molecule has 0 aliphatic carbocycles. The fourth-order valence-electron chi connectivity index (χ4n) is 1.62. The lowest BCUT2D eigenvalue weighted by Gasteiger charge is -2.09. The molecule has 0 saturated carbocycles. The summed E-state index contributed by atoms with van der Waals surface area (Å²) in [4.78, 5) is 10.7. The summed E-state index contributed by atoms with van der Waals surface area (Å²) >= 11 is 3.27. The number of para-hydroxylation sites is 1. The van der Waals surface area contributed by atoms with Crippen LogP contribution < -0.4 is 5.32 Å². The normalized spacial score (nSPS) is 10.2. The highest BCUT2D eigenvalue weighted by Gasteiger charge is 2.06. The van der Waals surface area contributed by atoms with Crippen molar-refractivity contribution in [2.24, 2.45) is 0 Å². The molecule has 0 aliphatic heterocycles. The van der Waals surface area contributed by atoms with E-state index in [4.69, 9.17) is 5.11 Å². The van der Waals surface area contributed by atoms with Gasteiger partial charge in [0.25, 0.3) is 0 Å². The fraction of sp³-hybridized carbons (Fsp3) is 0.0714. The summed E-state index contributed by atoms with van der Waals surface area (Å²) < 4.78 is 14.2. The van der Waals surface area contributed by atoms with Crippen LogP contribution in [0.25, 0.3) is 0 Å². The number of carboxylic acids is 1. The molecule has 2 rings (SSSR count). The van der Waals surface area contributed by atoms with Crippen LogP contribution in [-0.4, -0.2) is 11.1 Å². The van der Waals surface area contributed by atoms with Gasteiger partial charge in [0.05, 0.1) is 11.3 Å². The van der Waals surface area contributed by atoms with Gasteiger partial charge in [-0.2, -0.15) is 0 Å². The van der Waals surface area contributed by atoms with E-state index in [-0.39, 0.29) is 11.4 Å². The topological polar surface area (TPSA) is 49.3 Å². The minimum atomic E-state index is -0.962. The van der Waals surface area contributed by atoms with E-state index in [1.54, 1.807) is 24.3 Å². The summed E-state index contributed by atoms with van der Waals surface area (Å²) in [5.74, 6) is -1.30. The molecule has 0 heterocycles. The predicted octanol–water partition coefficient (Wildman–Crippen LogP) is 3.90. The average molecular weight is 324 g/mol. The van der Waals surface area contributed by atoms with Crippen molar-refractivity contribution in [2.45, 2.75) is 6.54 Å². The molecule has 19 heavy (non-hydrogen) atoms. The van der Waals surface area contributed by atoms with Gasteiger partial charge < -0.3 is 10.4 Å². The molecular formula is C14H11BrFNO2. The largest absolute Gasteiger partial charge is 0.478 e. The van der Waals surface area contributed by atoms with Crippen molar-refractivity contribution in [3.05, 3.63) is 63.9 Å². The minimum Gasteiger partial charge on any atom is -0.478 e. The van der Waals surface area contributed by atoms with Crippen molar-refractivity contribution in [2.75, 3.05) is 5.32 Å². The molecular weight excluding hydrogens is 313 g/mol. The molecule has 0 amide bonds. The maximum atomic E-state index is 13.6. The lowest BCUT2D eigenvalue weighted by atomic mass is 10.1. The summed E-state index contributed by atoms with van der Waals surface area (Å²) in [6.07, 6.45) is 0. The van der Waals surface area contributed by atoms with Crippen LogP contribution in [0.4, 0.5) is 10.1 Å². The monoisotopic (exact) mass is 323 g/mol. The number of nitrogens with one attached hydrogen (secondary N) is 1. The summed E-state index contributed by atoms with van der Waals surface area (Å²) in [6.45, 7) is 0.416. The summed E-state index contributed by atoms with van der Waals surface area (Å²) in [6, 6.07) is 11.2. The number of aromatic carboxylic acids is 1. The van der Waals surface area contributed by atoms with Crippen molar-refractivity contribution in [3.63, 3.8) is 0 Å². The molecule has 0 atom stereocenters. The maximum absolute atomic E-state index is 13.6. The molecule has 0 aliphatic rings. The summed E-state index contributed by atoms with van der Waals surface area (Å²) in [7, 11) is 0. The second-order valence-corrected chi connectivity index (χ2v) is 4.81. The Morgan fingerprint density at radius 1 is 1.21 bits per heavy atom. The second-order valence-electron chi connectivity index (χ2n) is 3.95. The van der Waals surface area contributed by atoms with Crippen LogP contribution in [0, 0.1) is 5.82 Å². The van der Waals surface area contributed by atoms with Gasteiger partial charge in [-0.25, -0.2) is 9.18 Å². The van der Waals surface area contributed by atoms with Crippen molar-refractivity contribution < 1.29 is 14.3 Å². The van der Waals surface area contributed by atoms with Gasteiger partial charge in [-0.05, 0) is 45.8 Å². The van der Waals surface area contributed by atoms with Crippen LogP contribution in [-0.2, 0) is 6.54 Å². The van der Waals surface area contributed by atoms with E-state index in [0.717, 1.165) is 5.56 Å². The third-order valence-corrected chi connectivity index (χ3v) is 3.29. The molecule has 5 heteroatoms. The fourth-order valence-corrected chi connectivity index (χ4v) is 2.10. The van der Waals surface area contributed by atoms with E-state index < -0.39 is 5.97 Å². The molecule has 0 fully saturated rings. The van der Waals surface area contributed by atoms with Crippen molar-refractivity contribution in [1.82, 2.24) is 0 Å². The second kappa shape index (κ2) is 5.84. The number of carboxylic acid groups (broad SMARTS) is 1. The van der Waals surface area contributed by atoms with E-state index in [0.29, 0.717) is 16.7 Å². The van der Waals surface area contributed by atoms with E-state index in [1.165, 1.54) is 18.2 Å². The summed E-state index contributed by atoms with van der Waals surface area (Å²) in [5.41, 5.74) is 1.50. The van der Waals surface area contributed by atoms with Crippen LogP contribution in [0.15, 0.2) is 46.9 Å². The first kappa shape index (κ1) is 13.5. The van der Waals surface area contributed by atoms with E-state index in [9.17, 15) is 9.18 Å². The van der Waals surface area contributed by atoms with Gasteiger partial charge in [0.15, 0.2) is 0 Å². The van der Waals surface area contributed by atoms with Gasteiger partial charge in [0.2, 0.25) is 0 Å². The number of carbonyl (C=O) groups is 1. The van der Waals surface area contributed by atoms with Crippen LogP contribution in [0.2, 0.25) is 0 Å². The standard InChI is InChI=1S/C14H11BrFNO2/c15-11-2-1-3-12(16)13(11)17-8-9-4-6-10(7-5-9)14(18)19/h1-7,17H,8H2,(H,18,19). The van der Waals surface area contributed by atoms with Crippen molar-refractivity contribution in [3.8, 4) is 0 Å². The molecule has 98 valence electrons. The molecule has 0 bridgehead atoms. The number of hydrogen-bond acceptors (Lipinski definition) is 2. The average Bonchev–Trinajstić information content (AvgIpc) is 2.38. The van der Waals surface area contributed by atoms with Gasteiger partial charge in [-0.15, -0.1) is 0 Å². The zero-order valence-electron chi connectivity index (χ0n) is 9.86. The maximum Gasteiger partial charge on any atom is 0.335 e. The minimum absolute atomic E-state index is 0.232. The van der Waals surface area contributed by atoms with Gasteiger partial charge in [0, 0.05) is 11.0 Å². The highest BCUT2D eigenvalue weighted by atomic mass is 79.9. The zero-order valence-corrected chi connectivity index (χ0v) is 11.4. The quantitative estimate of drug-likeness (QED) is 0.897. The highest BCUT2D eigenvalue weighted by Crippen LogP contribution is 2.25. The Kier molecular flexibility index (Phi) is 4.16. The van der Waals surface area contributed by atoms with Crippen LogP contribution in [0.3, 0.4) is 0 Å². The van der Waals surface area contributed by atoms with Gasteiger partial charge in [-0.1, -0.05) is 18.2 Å². The third kappa shape index (κ3) is 3.32. The molecule has 2 aromatic carbocycles. The lowest BCUT2D eigenvalue weighted by molar-refractivity contribution is 0.0697. The Labute approximate surface area is 118 Å². The van der Waals surface area contributed by atoms with Gasteiger partial charge >= 0.3 is 5.97 Å². The smallest absolute Gasteiger partial charge is 0.335 e. The van der Waals surface area contributed by atoms with Gasteiger partial charge in [0.1, 0.15) is 5.82 Å². The summed E-state index contributed by atoms with van der Waals surface area (Å²) in [5, 5.41) is 11.8. The Hall–Kier alpha value is -1.88. The Morgan fingerprint density at radius 3 is 2.47 bits per heavy atom. The third-order valence-electron chi connectivity index (χ3n) is 2.63. The molecule has 2 N–H and O–H groups in total. The Balaban J connectivity index is 2.08. The molecule has 0 aromatic heterocycles. The number of rotatable bonds is 4. The first-order valence-electron chi connectivity index (χ1n) is 5.58. The van der Waals surface area contributed by atoms with Crippen LogP contribution >= 0.6 is 15.9 Å². The SMILES string of the molecule is O=C(O)c1ccc(CNc2c(F)cccc2Br)cc1. The first-order chi connectivity index (χ1) is 9.08. The first-order valence-corrected chi connectivity index (χ1v) is 6.37. The molecule has 0 unspecified atom stereocenters. The Bertz CT molecular complexity index is 579. The van der Waals surface area contributed by atoms with Gasteiger partial charge in [-0.3, -0.25) is 0 Å². The highest BCUT2D eigenvalue weighted by molar-refractivity contribution is 9.10. The van der Waals surface area contributed by atoms with Crippen LogP contribution in [0.5, 0.6) is 0 Å². The van der Waals surface area contributed by atoms with E-state index >= 15 is 0 Å². The number of anilines is 1. The number of halogens is 2. The molecule has 0 saturated heterocycles. The van der Waals surface area contributed by atoms with E-state index in [2.05, 4.69) is 21.2 Å². The van der Waals surface area contributed by atoms with Crippen molar-refractivity contribution in [1.29, 1.82) is 0 Å². The lowest BCUT2D eigenvalue weighted by Crippen LogP contribution is -2.03. The Morgan fingerprint density at radius 2 is 1.89 bits per heavy atom. The van der Waals surface area contributed by atoms with Crippen LogP contribution in [0.1, 0.15) is 15.9 Å². The van der Waals surface area contributed by atoms with Crippen molar-refractivity contribution >= 4 is 27.6 Å².